The molecule has 18 heavy (non-hydrogen) atoms. The van der Waals surface area contributed by atoms with Crippen molar-refractivity contribution in [3.8, 4) is 6.07 Å². The second kappa shape index (κ2) is 8.07. The highest BCUT2D eigenvalue weighted by Crippen LogP contribution is 2.43. The SMILES string of the molecule is CCCC1CCC(C#N)(C(O)CCSCC)CC1. The van der Waals surface area contributed by atoms with E-state index in [0.717, 1.165) is 49.5 Å². The maximum atomic E-state index is 10.3. The first kappa shape index (κ1) is 15.9. The van der Waals surface area contributed by atoms with Gasteiger partial charge in [-0.3, -0.25) is 0 Å². The fourth-order valence-electron chi connectivity index (χ4n) is 3.02. The Morgan fingerprint density at radius 3 is 2.56 bits per heavy atom. The summed E-state index contributed by atoms with van der Waals surface area (Å²) in [5, 5.41) is 19.8. The van der Waals surface area contributed by atoms with Crippen LogP contribution in [-0.2, 0) is 0 Å². The number of hydrogen-bond donors (Lipinski definition) is 1. The zero-order chi connectivity index (χ0) is 13.4. The molecule has 104 valence electrons. The summed E-state index contributed by atoms with van der Waals surface area (Å²) in [6.07, 6.45) is 6.90. The Hall–Kier alpha value is -0.200. The van der Waals surface area contributed by atoms with Crippen LogP contribution >= 0.6 is 11.8 Å². The Balaban J connectivity index is 2.47. The molecule has 0 amide bonds. The fourth-order valence-corrected chi connectivity index (χ4v) is 3.70. The molecule has 0 radical (unpaired) electrons. The smallest absolute Gasteiger partial charge is 0.0832 e. The lowest BCUT2D eigenvalue weighted by Gasteiger charge is -2.38. The van der Waals surface area contributed by atoms with E-state index in [4.69, 9.17) is 0 Å². The van der Waals surface area contributed by atoms with Gasteiger partial charge in [0.05, 0.1) is 17.6 Å². The van der Waals surface area contributed by atoms with Crippen LogP contribution in [0.1, 0.15) is 58.8 Å². The molecular formula is C15H27NOS. The second-order valence-electron chi connectivity index (χ2n) is 5.50. The van der Waals surface area contributed by atoms with Gasteiger partial charge in [-0.25, -0.2) is 0 Å². The predicted octanol–water partition coefficient (Wildman–Crippen LogP) is 3.99. The second-order valence-corrected chi connectivity index (χ2v) is 6.90. The van der Waals surface area contributed by atoms with Gasteiger partial charge in [0, 0.05) is 0 Å². The van der Waals surface area contributed by atoms with Crippen LogP contribution in [0.4, 0.5) is 0 Å². The van der Waals surface area contributed by atoms with E-state index in [-0.39, 0.29) is 0 Å². The molecule has 0 spiro atoms. The zero-order valence-corrected chi connectivity index (χ0v) is 12.6. The molecule has 0 heterocycles. The lowest BCUT2D eigenvalue weighted by molar-refractivity contribution is 0.0234. The molecule has 1 aliphatic rings. The van der Waals surface area contributed by atoms with Gasteiger partial charge in [-0.2, -0.15) is 17.0 Å². The number of aliphatic hydroxyl groups is 1. The molecule has 1 N–H and O–H groups in total. The van der Waals surface area contributed by atoms with Crippen molar-refractivity contribution in [3.63, 3.8) is 0 Å². The van der Waals surface area contributed by atoms with Crippen LogP contribution in [0.25, 0.3) is 0 Å². The van der Waals surface area contributed by atoms with Crippen LogP contribution < -0.4 is 0 Å². The molecule has 1 atom stereocenters. The van der Waals surface area contributed by atoms with E-state index >= 15 is 0 Å². The summed E-state index contributed by atoms with van der Waals surface area (Å²) in [6.45, 7) is 4.36. The Kier molecular flexibility index (Phi) is 7.11. The number of nitrogens with zero attached hydrogens (tertiary/aromatic N) is 1. The maximum absolute atomic E-state index is 10.3. The number of aliphatic hydroxyl groups excluding tert-OH is 1. The topological polar surface area (TPSA) is 44.0 Å². The molecule has 2 nitrogen and oxygen atoms in total. The Morgan fingerprint density at radius 1 is 1.39 bits per heavy atom. The third-order valence-corrected chi connectivity index (χ3v) is 5.23. The minimum absolute atomic E-state index is 0.427. The Bertz CT molecular complexity index is 266. The van der Waals surface area contributed by atoms with Gasteiger partial charge in [0.25, 0.3) is 0 Å². The monoisotopic (exact) mass is 269 g/mol. The van der Waals surface area contributed by atoms with Crippen molar-refractivity contribution in [1.82, 2.24) is 0 Å². The zero-order valence-electron chi connectivity index (χ0n) is 11.8. The van der Waals surface area contributed by atoms with Gasteiger partial charge in [0.15, 0.2) is 0 Å². The molecule has 0 bridgehead atoms. The summed E-state index contributed by atoms with van der Waals surface area (Å²) in [7, 11) is 0. The van der Waals surface area contributed by atoms with Crippen molar-refractivity contribution in [2.75, 3.05) is 11.5 Å². The van der Waals surface area contributed by atoms with Crippen molar-refractivity contribution in [1.29, 1.82) is 5.26 Å². The summed E-state index contributed by atoms with van der Waals surface area (Å²) in [5.41, 5.74) is -0.446. The van der Waals surface area contributed by atoms with E-state index in [1.807, 2.05) is 11.8 Å². The molecule has 1 aliphatic carbocycles. The molecule has 0 saturated heterocycles. The summed E-state index contributed by atoms with van der Waals surface area (Å²) in [5.74, 6) is 2.85. The van der Waals surface area contributed by atoms with Crippen LogP contribution in [0.3, 0.4) is 0 Å². The first-order chi connectivity index (χ1) is 8.68. The molecule has 3 heteroatoms. The van der Waals surface area contributed by atoms with Crippen molar-refractivity contribution >= 4 is 11.8 Å². The van der Waals surface area contributed by atoms with Gasteiger partial charge in [-0.1, -0.05) is 26.7 Å². The minimum atomic E-state index is -0.446. The first-order valence-corrected chi connectivity index (χ1v) is 8.51. The minimum Gasteiger partial charge on any atom is -0.391 e. The average Bonchev–Trinajstić information content (AvgIpc) is 2.40. The third kappa shape index (κ3) is 4.17. The Labute approximate surface area is 116 Å². The van der Waals surface area contributed by atoms with E-state index in [2.05, 4.69) is 19.9 Å². The van der Waals surface area contributed by atoms with Crippen LogP contribution in [-0.4, -0.2) is 22.7 Å². The highest BCUT2D eigenvalue weighted by atomic mass is 32.2. The number of hydrogen-bond acceptors (Lipinski definition) is 3. The van der Waals surface area contributed by atoms with Crippen molar-refractivity contribution in [2.24, 2.45) is 11.3 Å². The van der Waals surface area contributed by atoms with E-state index in [1.54, 1.807) is 0 Å². The molecular weight excluding hydrogens is 242 g/mol. The predicted molar refractivity (Wildman–Crippen MR) is 78.5 cm³/mol. The first-order valence-electron chi connectivity index (χ1n) is 7.35. The molecule has 0 aromatic carbocycles. The summed E-state index contributed by atoms with van der Waals surface area (Å²) in [6, 6.07) is 2.45. The van der Waals surface area contributed by atoms with Gasteiger partial charge in [-0.15, -0.1) is 0 Å². The highest BCUT2D eigenvalue weighted by molar-refractivity contribution is 7.99. The summed E-state index contributed by atoms with van der Waals surface area (Å²) < 4.78 is 0. The molecule has 1 unspecified atom stereocenters. The van der Waals surface area contributed by atoms with Gasteiger partial charge in [0.1, 0.15) is 0 Å². The standard InChI is InChI=1S/C15H27NOS/c1-3-5-13-6-9-15(12-16,10-7-13)14(17)8-11-18-4-2/h13-14,17H,3-11H2,1-2H3. The number of thioether (sulfide) groups is 1. The van der Waals surface area contributed by atoms with Gasteiger partial charge in [-0.05, 0) is 49.5 Å². The van der Waals surface area contributed by atoms with Crippen molar-refractivity contribution in [3.05, 3.63) is 0 Å². The van der Waals surface area contributed by atoms with E-state index in [9.17, 15) is 10.4 Å². The summed E-state index contributed by atoms with van der Waals surface area (Å²) in [4.78, 5) is 0. The third-order valence-electron chi connectivity index (χ3n) is 4.29. The Morgan fingerprint density at radius 2 is 2.06 bits per heavy atom. The van der Waals surface area contributed by atoms with Crippen LogP contribution in [0, 0.1) is 22.7 Å². The average molecular weight is 269 g/mol. The lowest BCUT2D eigenvalue weighted by Crippen LogP contribution is -2.38. The van der Waals surface area contributed by atoms with Crippen LogP contribution in [0.15, 0.2) is 0 Å². The van der Waals surface area contributed by atoms with Gasteiger partial charge < -0.3 is 5.11 Å². The highest BCUT2D eigenvalue weighted by Gasteiger charge is 2.41. The summed E-state index contributed by atoms with van der Waals surface area (Å²) >= 11 is 1.85. The largest absolute Gasteiger partial charge is 0.391 e. The number of nitriles is 1. The van der Waals surface area contributed by atoms with E-state index < -0.39 is 11.5 Å². The molecule has 0 aromatic heterocycles. The van der Waals surface area contributed by atoms with Gasteiger partial charge >= 0.3 is 0 Å². The molecule has 0 aromatic rings. The van der Waals surface area contributed by atoms with Crippen LogP contribution in [0.5, 0.6) is 0 Å². The molecule has 0 aliphatic heterocycles. The quantitative estimate of drug-likeness (QED) is 0.711. The van der Waals surface area contributed by atoms with Crippen LogP contribution in [0.2, 0.25) is 0 Å². The molecule has 1 saturated carbocycles. The number of rotatable bonds is 7. The molecule has 1 fully saturated rings. The van der Waals surface area contributed by atoms with Crippen molar-refractivity contribution in [2.45, 2.75) is 64.9 Å². The maximum Gasteiger partial charge on any atom is 0.0832 e. The van der Waals surface area contributed by atoms with E-state index in [0.29, 0.717) is 0 Å². The van der Waals surface area contributed by atoms with Gasteiger partial charge in [0.2, 0.25) is 0 Å². The molecule has 1 rings (SSSR count). The normalized spacial score (nSPS) is 29.8. The van der Waals surface area contributed by atoms with E-state index in [1.165, 1.54) is 12.8 Å². The van der Waals surface area contributed by atoms with Crippen molar-refractivity contribution < 1.29 is 5.11 Å². The lowest BCUT2D eigenvalue weighted by atomic mass is 9.67. The fraction of sp³-hybridized carbons (Fsp3) is 0.933.